The smallest absolute Gasteiger partial charge is 0.274 e. The van der Waals surface area contributed by atoms with Crippen LogP contribution in [-0.4, -0.2) is 87.8 Å². The number of carbonyl (C=O) groups is 1. The second-order valence-corrected chi connectivity index (χ2v) is 12.4. The predicted octanol–water partition coefficient (Wildman–Crippen LogP) is 2.08. The molecule has 2 aromatic heterocycles. The van der Waals surface area contributed by atoms with Crippen LogP contribution in [0.25, 0.3) is 0 Å². The zero-order valence-electron chi connectivity index (χ0n) is 22.4. The van der Waals surface area contributed by atoms with Crippen LogP contribution >= 0.6 is 0 Å². The lowest BCUT2D eigenvalue weighted by atomic mass is 9.93. The lowest BCUT2D eigenvalue weighted by Crippen LogP contribution is -2.41. The van der Waals surface area contributed by atoms with E-state index in [4.69, 9.17) is 14.6 Å². The van der Waals surface area contributed by atoms with Gasteiger partial charge in [-0.3, -0.25) is 9.52 Å². The Kier molecular flexibility index (Phi) is 7.83. The van der Waals surface area contributed by atoms with Crippen molar-refractivity contribution >= 4 is 38.9 Å². The number of amides is 1. The molecule has 1 amide bonds. The lowest BCUT2D eigenvalue weighted by molar-refractivity contribution is 0.0527. The van der Waals surface area contributed by atoms with E-state index in [0.717, 1.165) is 25.9 Å². The summed E-state index contributed by atoms with van der Waals surface area (Å²) in [6.45, 7) is 4.92. The molecule has 13 heteroatoms. The topological polar surface area (TPSA) is 146 Å². The number of aliphatic hydroxyl groups is 1. The van der Waals surface area contributed by atoms with Gasteiger partial charge >= 0.3 is 0 Å². The molecular weight excluding hydrogens is 524 g/mol. The zero-order chi connectivity index (χ0) is 27.6. The van der Waals surface area contributed by atoms with Crippen molar-refractivity contribution in [1.29, 1.82) is 0 Å². The summed E-state index contributed by atoms with van der Waals surface area (Å²) in [6, 6.07) is 4.98. The summed E-state index contributed by atoms with van der Waals surface area (Å²) < 4.78 is 38.1. The van der Waals surface area contributed by atoms with E-state index in [9.17, 15) is 13.2 Å². The predicted molar refractivity (Wildman–Crippen MR) is 148 cm³/mol. The van der Waals surface area contributed by atoms with Crippen LogP contribution < -0.4 is 24.6 Å². The number of piperidine rings is 1. The normalized spacial score (nSPS) is 20.5. The van der Waals surface area contributed by atoms with Crippen LogP contribution in [0.15, 0.2) is 24.4 Å². The van der Waals surface area contributed by atoms with Gasteiger partial charge in [-0.05, 0) is 50.2 Å². The highest BCUT2D eigenvalue weighted by Crippen LogP contribution is 2.54. The van der Waals surface area contributed by atoms with Crippen LogP contribution in [0.2, 0.25) is 0 Å². The van der Waals surface area contributed by atoms with Gasteiger partial charge in [-0.2, -0.15) is 0 Å². The molecule has 2 saturated heterocycles. The van der Waals surface area contributed by atoms with Crippen LogP contribution in [0.4, 0.5) is 23.0 Å². The lowest BCUT2D eigenvalue weighted by Gasteiger charge is -2.35. The van der Waals surface area contributed by atoms with Crippen LogP contribution in [-0.2, 0) is 14.8 Å². The Balaban J connectivity index is 1.40. The number of methoxy groups -OCH3 is 1. The van der Waals surface area contributed by atoms with Gasteiger partial charge in [0.1, 0.15) is 11.5 Å². The molecule has 3 fully saturated rings. The number of anilines is 4. The minimum Gasteiger partial charge on any atom is -0.493 e. The zero-order valence-corrected chi connectivity index (χ0v) is 23.2. The number of hydrogen-bond acceptors (Lipinski definition) is 10. The number of nitrogens with one attached hydrogen (secondary N) is 2. The van der Waals surface area contributed by atoms with Gasteiger partial charge in [0.2, 0.25) is 10.0 Å². The quantitative estimate of drug-likeness (QED) is 0.417. The minimum atomic E-state index is -3.75. The maximum Gasteiger partial charge on any atom is 0.274 e. The number of rotatable bonds is 9. The molecule has 39 heavy (non-hydrogen) atoms. The van der Waals surface area contributed by atoms with Gasteiger partial charge in [-0.25, -0.2) is 18.4 Å². The first kappa shape index (κ1) is 27.4. The molecule has 0 bridgehead atoms. The first-order valence-corrected chi connectivity index (χ1v) is 15.0. The number of pyridine rings is 2. The molecule has 1 aliphatic carbocycles. The van der Waals surface area contributed by atoms with Crippen molar-refractivity contribution in [3.63, 3.8) is 0 Å². The van der Waals surface area contributed by atoms with Gasteiger partial charge < -0.3 is 29.7 Å². The van der Waals surface area contributed by atoms with Crippen molar-refractivity contribution in [3.8, 4) is 5.75 Å². The van der Waals surface area contributed by atoms with E-state index in [1.165, 1.54) is 19.0 Å². The number of nitrogens with zero attached hydrogens (tertiary/aromatic N) is 4. The molecular formula is C26H36N6O6S. The molecule has 5 rings (SSSR count). The number of morpholine rings is 1. The van der Waals surface area contributed by atoms with E-state index in [2.05, 4.69) is 24.9 Å². The molecule has 0 unspecified atom stereocenters. The standard InChI is InChI=1S/C26H36N6O6S/c1-18-17-32(11-13-38-18)24-22(37-2)4-3-19(28-24)25(34)29-20-16-27-23(30-39(35,36)14-12-33)15-21(20)31-9-7-26(5-6-26)8-10-31/h3-4,15-16,18,33H,5-14,17H2,1-2H3,(H,27,30)(H,29,34)/t18-/m0/s1. The number of carbonyl (C=O) groups excluding carboxylic acids is 1. The van der Waals surface area contributed by atoms with Crippen molar-refractivity contribution in [3.05, 3.63) is 30.1 Å². The highest BCUT2D eigenvalue weighted by Gasteiger charge is 2.44. The van der Waals surface area contributed by atoms with Crippen LogP contribution in [0.5, 0.6) is 5.75 Å². The van der Waals surface area contributed by atoms with Crippen molar-refractivity contribution in [1.82, 2.24) is 9.97 Å². The number of aromatic nitrogens is 2. The third-order valence-electron chi connectivity index (χ3n) is 7.70. The first-order chi connectivity index (χ1) is 18.7. The van der Waals surface area contributed by atoms with Gasteiger partial charge in [-0.15, -0.1) is 0 Å². The van der Waals surface area contributed by atoms with Crippen LogP contribution in [0.1, 0.15) is 43.1 Å². The van der Waals surface area contributed by atoms with Crippen molar-refractivity contribution < 1.29 is 27.8 Å². The summed E-state index contributed by atoms with van der Waals surface area (Å²) in [7, 11) is -2.18. The van der Waals surface area contributed by atoms with Gasteiger partial charge in [0.15, 0.2) is 11.6 Å². The SMILES string of the molecule is COc1ccc(C(=O)Nc2cnc(NS(=O)(=O)CCO)cc2N2CCC3(CC2)CC3)nc1N1CCO[C@@H](C)C1. The fourth-order valence-corrected chi connectivity index (χ4v) is 6.01. The van der Waals surface area contributed by atoms with E-state index in [0.29, 0.717) is 48.1 Å². The molecule has 0 aromatic carbocycles. The Morgan fingerprint density at radius 1 is 1.21 bits per heavy atom. The van der Waals surface area contributed by atoms with E-state index in [-0.39, 0.29) is 17.6 Å². The number of hydrogen-bond donors (Lipinski definition) is 3. The van der Waals surface area contributed by atoms with E-state index < -0.39 is 28.3 Å². The van der Waals surface area contributed by atoms with Gasteiger partial charge in [-0.1, -0.05) is 0 Å². The molecule has 1 atom stereocenters. The third kappa shape index (κ3) is 6.36. The van der Waals surface area contributed by atoms with Gasteiger partial charge in [0.05, 0.1) is 49.8 Å². The van der Waals surface area contributed by atoms with Crippen molar-refractivity contribution in [2.24, 2.45) is 5.41 Å². The van der Waals surface area contributed by atoms with Crippen molar-refractivity contribution in [2.45, 2.75) is 38.7 Å². The fourth-order valence-electron chi connectivity index (χ4n) is 5.23. The summed E-state index contributed by atoms with van der Waals surface area (Å²) in [5, 5.41) is 12.0. The first-order valence-electron chi connectivity index (χ1n) is 13.3. The minimum absolute atomic E-state index is 0.0315. The molecule has 4 heterocycles. The largest absolute Gasteiger partial charge is 0.493 e. The second-order valence-electron chi connectivity index (χ2n) is 10.5. The fraction of sp³-hybridized carbons (Fsp3) is 0.577. The average Bonchev–Trinajstić information content (AvgIpc) is 3.68. The molecule has 0 radical (unpaired) electrons. The molecule has 2 aromatic rings. The Morgan fingerprint density at radius 3 is 2.64 bits per heavy atom. The molecule has 1 spiro atoms. The molecule has 12 nitrogen and oxygen atoms in total. The van der Waals surface area contributed by atoms with Crippen LogP contribution in [0, 0.1) is 5.41 Å². The highest BCUT2D eigenvalue weighted by molar-refractivity contribution is 7.92. The molecule has 3 N–H and O–H groups in total. The molecule has 1 saturated carbocycles. The third-order valence-corrected chi connectivity index (χ3v) is 8.94. The number of ether oxygens (including phenoxy) is 2. The average molecular weight is 561 g/mol. The van der Waals surface area contributed by atoms with E-state index >= 15 is 0 Å². The van der Waals surface area contributed by atoms with E-state index in [1.54, 1.807) is 25.3 Å². The number of sulfonamides is 1. The van der Waals surface area contributed by atoms with Gasteiger partial charge in [0.25, 0.3) is 5.91 Å². The Labute approximate surface area is 228 Å². The Bertz CT molecular complexity index is 1310. The summed E-state index contributed by atoms with van der Waals surface area (Å²) in [6.07, 6.45) is 6.09. The summed E-state index contributed by atoms with van der Waals surface area (Å²) in [5.74, 6) is 0.451. The summed E-state index contributed by atoms with van der Waals surface area (Å²) in [5.41, 5.74) is 1.82. The Morgan fingerprint density at radius 2 is 1.97 bits per heavy atom. The second kappa shape index (κ2) is 11.1. The maximum atomic E-state index is 13.4. The summed E-state index contributed by atoms with van der Waals surface area (Å²) in [4.78, 5) is 26.5. The maximum absolute atomic E-state index is 13.4. The molecule has 2 aliphatic heterocycles. The van der Waals surface area contributed by atoms with Gasteiger partial charge in [0, 0.05) is 32.2 Å². The molecule has 3 aliphatic rings. The number of aliphatic hydroxyl groups excluding tert-OH is 1. The highest BCUT2D eigenvalue weighted by atomic mass is 32.2. The van der Waals surface area contributed by atoms with Crippen LogP contribution in [0.3, 0.4) is 0 Å². The monoisotopic (exact) mass is 560 g/mol. The summed E-state index contributed by atoms with van der Waals surface area (Å²) >= 11 is 0. The Hall–Kier alpha value is -3.16. The molecule has 212 valence electrons. The van der Waals surface area contributed by atoms with Crippen molar-refractivity contribution in [2.75, 3.05) is 72.1 Å². The van der Waals surface area contributed by atoms with E-state index in [1.807, 2.05) is 11.8 Å².